The zero-order valence-corrected chi connectivity index (χ0v) is 15.6. The Morgan fingerprint density at radius 2 is 1.50 bits per heavy atom. The largest absolute Gasteiger partial charge is 0.350 e. The van der Waals surface area contributed by atoms with Gasteiger partial charge in [0.1, 0.15) is 0 Å². The lowest BCUT2D eigenvalue weighted by molar-refractivity contribution is -0.116. The highest BCUT2D eigenvalue weighted by Crippen LogP contribution is 2.16. The van der Waals surface area contributed by atoms with Gasteiger partial charge in [0.25, 0.3) is 5.91 Å². The molecular formula is C21H24N2O3. The lowest BCUT2D eigenvalue weighted by Gasteiger charge is -2.21. The molecule has 0 spiro atoms. The van der Waals surface area contributed by atoms with Gasteiger partial charge in [0.05, 0.1) is 0 Å². The summed E-state index contributed by atoms with van der Waals surface area (Å²) < 4.78 is 0. The number of hydrogen-bond donors (Lipinski definition) is 1. The molecule has 0 bridgehead atoms. The van der Waals surface area contributed by atoms with Crippen molar-refractivity contribution in [2.75, 3.05) is 18.0 Å². The summed E-state index contributed by atoms with van der Waals surface area (Å²) in [6.45, 7) is 7.63. The summed E-state index contributed by atoms with van der Waals surface area (Å²) in [5.41, 5.74) is 4.10. The predicted octanol–water partition coefficient (Wildman–Crippen LogP) is 3.29. The molecule has 0 aromatic heterocycles. The quantitative estimate of drug-likeness (QED) is 0.811. The van der Waals surface area contributed by atoms with Crippen LogP contribution in [0.15, 0.2) is 42.5 Å². The van der Waals surface area contributed by atoms with E-state index in [1.165, 1.54) is 13.8 Å². The van der Waals surface area contributed by atoms with Crippen LogP contribution in [0.3, 0.4) is 0 Å². The van der Waals surface area contributed by atoms with E-state index in [4.69, 9.17) is 0 Å². The lowest BCUT2D eigenvalue weighted by Crippen LogP contribution is -2.37. The fourth-order valence-electron chi connectivity index (χ4n) is 2.61. The molecule has 0 fully saturated rings. The van der Waals surface area contributed by atoms with Crippen LogP contribution in [0.5, 0.6) is 0 Å². The fraction of sp³-hybridized carbons (Fsp3) is 0.286. The first kappa shape index (κ1) is 19.4. The van der Waals surface area contributed by atoms with E-state index in [2.05, 4.69) is 5.32 Å². The van der Waals surface area contributed by atoms with Gasteiger partial charge in [0.2, 0.25) is 5.91 Å². The Hall–Kier alpha value is -2.95. The Balaban J connectivity index is 2.00. The second kappa shape index (κ2) is 8.43. The van der Waals surface area contributed by atoms with Crippen LogP contribution in [0.2, 0.25) is 0 Å². The third-order valence-electron chi connectivity index (χ3n) is 4.36. The maximum atomic E-state index is 12.3. The van der Waals surface area contributed by atoms with Crippen molar-refractivity contribution in [1.82, 2.24) is 5.32 Å². The minimum absolute atomic E-state index is 0.0217. The maximum absolute atomic E-state index is 12.3. The molecule has 0 aliphatic rings. The smallest absolute Gasteiger partial charge is 0.251 e. The van der Waals surface area contributed by atoms with E-state index < -0.39 is 0 Å². The molecule has 2 amide bonds. The highest BCUT2D eigenvalue weighted by atomic mass is 16.2. The average Bonchev–Trinajstić information content (AvgIpc) is 2.60. The monoisotopic (exact) mass is 352 g/mol. The summed E-state index contributed by atoms with van der Waals surface area (Å²) in [6.07, 6.45) is 0. The van der Waals surface area contributed by atoms with Crippen LogP contribution in [0, 0.1) is 13.8 Å². The number of aryl methyl sites for hydroxylation is 2. The Bertz CT molecular complexity index is 826. The number of nitrogens with one attached hydrogen (secondary N) is 1. The standard InChI is InChI=1S/C21H24N2O3/c1-14-5-6-19(13-15(14)2)21(26)22-11-12-23(17(4)25)20-9-7-18(8-10-20)16(3)24/h5-10,13H,11-12H2,1-4H3,(H,22,26). The Morgan fingerprint density at radius 1 is 0.885 bits per heavy atom. The molecule has 2 rings (SSSR count). The molecule has 0 atom stereocenters. The zero-order chi connectivity index (χ0) is 19.3. The normalized spacial score (nSPS) is 10.3. The number of rotatable bonds is 6. The molecule has 2 aromatic carbocycles. The minimum atomic E-state index is -0.163. The number of benzene rings is 2. The third kappa shape index (κ3) is 4.79. The van der Waals surface area contributed by atoms with Gasteiger partial charge < -0.3 is 10.2 Å². The van der Waals surface area contributed by atoms with E-state index in [-0.39, 0.29) is 17.6 Å². The Labute approximate surface area is 154 Å². The molecule has 0 radical (unpaired) electrons. The molecule has 0 saturated heterocycles. The van der Waals surface area contributed by atoms with Gasteiger partial charge in [0.15, 0.2) is 5.78 Å². The van der Waals surface area contributed by atoms with E-state index in [1.807, 2.05) is 26.0 Å². The molecule has 1 N–H and O–H groups in total. The van der Waals surface area contributed by atoms with Crippen molar-refractivity contribution in [3.8, 4) is 0 Å². The van der Waals surface area contributed by atoms with Crippen molar-refractivity contribution in [2.45, 2.75) is 27.7 Å². The molecule has 5 nitrogen and oxygen atoms in total. The van der Waals surface area contributed by atoms with E-state index in [0.717, 1.165) is 11.1 Å². The Morgan fingerprint density at radius 3 is 2.04 bits per heavy atom. The second-order valence-corrected chi connectivity index (χ2v) is 6.33. The third-order valence-corrected chi connectivity index (χ3v) is 4.36. The van der Waals surface area contributed by atoms with Gasteiger partial charge in [-0.15, -0.1) is 0 Å². The molecule has 0 heterocycles. The summed E-state index contributed by atoms with van der Waals surface area (Å²) in [4.78, 5) is 37.1. The van der Waals surface area contributed by atoms with Gasteiger partial charge in [-0.05, 0) is 68.3 Å². The van der Waals surface area contributed by atoms with Crippen LogP contribution in [-0.2, 0) is 4.79 Å². The van der Waals surface area contributed by atoms with Gasteiger partial charge >= 0.3 is 0 Å². The summed E-state index contributed by atoms with van der Waals surface area (Å²) in [5, 5.41) is 2.84. The Kier molecular flexibility index (Phi) is 6.28. The second-order valence-electron chi connectivity index (χ2n) is 6.33. The number of carbonyl (C=O) groups excluding carboxylic acids is 3. The van der Waals surface area contributed by atoms with Crippen molar-refractivity contribution >= 4 is 23.3 Å². The van der Waals surface area contributed by atoms with Crippen LogP contribution in [0.1, 0.15) is 45.7 Å². The van der Waals surface area contributed by atoms with Crippen molar-refractivity contribution in [2.24, 2.45) is 0 Å². The van der Waals surface area contributed by atoms with Crippen LogP contribution < -0.4 is 10.2 Å². The molecule has 2 aromatic rings. The van der Waals surface area contributed by atoms with Crippen molar-refractivity contribution < 1.29 is 14.4 Å². The number of ketones is 1. The van der Waals surface area contributed by atoms with Gasteiger partial charge in [-0.2, -0.15) is 0 Å². The molecule has 0 aliphatic heterocycles. The average molecular weight is 352 g/mol. The first-order valence-electron chi connectivity index (χ1n) is 8.54. The number of anilines is 1. The molecule has 26 heavy (non-hydrogen) atoms. The number of hydrogen-bond acceptors (Lipinski definition) is 3. The fourth-order valence-corrected chi connectivity index (χ4v) is 2.61. The lowest BCUT2D eigenvalue weighted by atomic mass is 10.1. The zero-order valence-electron chi connectivity index (χ0n) is 15.6. The SMILES string of the molecule is CC(=O)c1ccc(N(CCNC(=O)c2ccc(C)c(C)c2)C(C)=O)cc1. The van der Waals surface area contributed by atoms with E-state index >= 15 is 0 Å². The van der Waals surface area contributed by atoms with Gasteiger partial charge in [0, 0.05) is 36.8 Å². The first-order chi connectivity index (χ1) is 12.3. The summed E-state index contributed by atoms with van der Waals surface area (Å²) in [7, 11) is 0. The highest BCUT2D eigenvalue weighted by molar-refractivity contribution is 5.96. The van der Waals surface area contributed by atoms with Crippen LogP contribution in [0.25, 0.3) is 0 Å². The van der Waals surface area contributed by atoms with Crippen LogP contribution >= 0.6 is 0 Å². The van der Waals surface area contributed by atoms with E-state index in [9.17, 15) is 14.4 Å². The molecule has 136 valence electrons. The number of amides is 2. The molecule has 5 heteroatoms. The van der Waals surface area contributed by atoms with Crippen molar-refractivity contribution in [1.29, 1.82) is 0 Å². The van der Waals surface area contributed by atoms with Gasteiger partial charge in [-0.3, -0.25) is 14.4 Å². The molecule has 0 saturated carbocycles. The van der Waals surface area contributed by atoms with Gasteiger partial charge in [-0.25, -0.2) is 0 Å². The van der Waals surface area contributed by atoms with E-state index in [0.29, 0.717) is 29.9 Å². The topological polar surface area (TPSA) is 66.5 Å². The number of carbonyl (C=O) groups is 3. The summed E-state index contributed by atoms with van der Waals surface area (Å²) in [6, 6.07) is 12.4. The van der Waals surface area contributed by atoms with Crippen LogP contribution in [0.4, 0.5) is 5.69 Å². The molecule has 0 aliphatic carbocycles. The van der Waals surface area contributed by atoms with Crippen LogP contribution in [-0.4, -0.2) is 30.7 Å². The highest BCUT2D eigenvalue weighted by Gasteiger charge is 2.13. The van der Waals surface area contributed by atoms with Crippen molar-refractivity contribution in [3.63, 3.8) is 0 Å². The summed E-state index contributed by atoms with van der Waals surface area (Å²) in [5.74, 6) is -0.309. The predicted molar refractivity (Wildman–Crippen MR) is 103 cm³/mol. The first-order valence-corrected chi connectivity index (χ1v) is 8.54. The minimum Gasteiger partial charge on any atom is -0.350 e. The van der Waals surface area contributed by atoms with E-state index in [1.54, 1.807) is 35.2 Å². The molecular weight excluding hydrogens is 328 g/mol. The van der Waals surface area contributed by atoms with Crippen molar-refractivity contribution in [3.05, 3.63) is 64.7 Å². The number of nitrogens with zero attached hydrogens (tertiary/aromatic N) is 1. The maximum Gasteiger partial charge on any atom is 0.251 e. The van der Waals surface area contributed by atoms with Gasteiger partial charge in [-0.1, -0.05) is 6.07 Å². The number of Topliss-reactive ketones (excluding diaryl/α,β-unsaturated/α-hetero) is 1. The summed E-state index contributed by atoms with van der Waals surface area (Å²) >= 11 is 0. The molecule has 0 unspecified atom stereocenters.